The maximum atomic E-state index is 13.2. The van der Waals surface area contributed by atoms with Crippen molar-refractivity contribution in [3.63, 3.8) is 0 Å². The molecular formula is C23H24ClN3O3S2. The fraction of sp³-hybridized carbons (Fsp3) is 0.261. The number of amides is 1. The molecule has 1 amide bonds. The van der Waals surface area contributed by atoms with Crippen LogP contribution < -0.4 is 4.72 Å². The third-order valence-corrected chi connectivity index (χ3v) is 8.01. The summed E-state index contributed by atoms with van der Waals surface area (Å²) < 4.78 is 28.1. The summed E-state index contributed by atoms with van der Waals surface area (Å²) in [6, 6.07) is 16.8. The van der Waals surface area contributed by atoms with Crippen LogP contribution in [-0.4, -0.2) is 56.8 Å². The molecule has 1 saturated heterocycles. The molecule has 0 saturated carbocycles. The number of halogens is 1. The third kappa shape index (κ3) is 5.50. The van der Waals surface area contributed by atoms with Gasteiger partial charge in [0.15, 0.2) is 0 Å². The molecule has 1 fully saturated rings. The Morgan fingerprint density at radius 1 is 0.969 bits per heavy atom. The Balaban J connectivity index is 1.41. The van der Waals surface area contributed by atoms with Gasteiger partial charge < -0.3 is 4.90 Å². The number of anilines is 1. The Morgan fingerprint density at radius 3 is 2.38 bits per heavy atom. The standard InChI is InChI=1S/C23H24ClN3O3S2/c24-18-7-9-20(10-8-18)32(29,30)25-22-6-2-1-5-21(22)23(28)27-15-13-26(14-16-27)12-11-19-4-3-17-31-19/h1-10,17,25H,11-16H2. The van der Waals surface area contributed by atoms with E-state index in [0.717, 1.165) is 26.1 Å². The van der Waals surface area contributed by atoms with Gasteiger partial charge in [0.1, 0.15) is 0 Å². The van der Waals surface area contributed by atoms with Gasteiger partial charge in [-0.3, -0.25) is 14.4 Å². The Labute approximate surface area is 197 Å². The van der Waals surface area contributed by atoms with Crippen molar-refractivity contribution >= 4 is 44.6 Å². The van der Waals surface area contributed by atoms with Crippen molar-refractivity contribution in [1.29, 1.82) is 0 Å². The molecule has 0 atom stereocenters. The monoisotopic (exact) mass is 489 g/mol. The van der Waals surface area contributed by atoms with E-state index in [4.69, 9.17) is 11.6 Å². The first-order chi connectivity index (χ1) is 15.4. The SMILES string of the molecule is O=C(c1ccccc1NS(=O)(=O)c1ccc(Cl)cc1)N1CCN(CCc2cccs2)CC1. The van der Waals surface area contributed by atoms with E-state index < -0.39 is 10.0 Å². The molecule has 0 bridgehead atoms. The third-order valence-electron chi connectivity index (χ3n) is 5.44. The molecule has 4 rings (SSSR count). The summed E-state index contributed by atoms with van der Waals surface area (Å²) in [5.74, 6) is -0.169. The van der Waals surface area contributed by atoms with E-state index in [-0.39, 0.29) is 16.5 Å². The Hall–Kier alpha value is -2.39. The Kier molecular flexibility index (Phi) is 7.15. The number of sulfonamides is 1. The fourth-order valence-electron chi connectivity index (χ4n) is 3.64. The number of hydrogen-bond acceptors (Lipinski definition) is 5. The normalized spacial score (nSPS) is 15.0. The zero-order valence-corrected chi connectivity index (χ0v) is 19.8. The Bertz CT molecular complexity index is 1160. The van der Waals surface area contributed by atoms with Gasteiger partial charge in [0.25, 0.3) is 15.9 Å². The van der Waals surface area contributed by atoms with Gasteiger partial charge in [0, 0.05) is 42.6 Å². The smallest absolute Gasteiger partial charge is 0.261 e. The average Bonchev–Trinajstić information content (AvgIpc) is 3.32. The van der Waals surface area contributed by atoms with Crippen LogP contribution in [0.3, 0.4) is 0 Å². The number of carbonyl (C=O) groups excluding carboxylic acids is 1. The first kappa shape index (κ1) is 22.8. The lowest BCUT2D eigenvalue weighted by Crippen LogP contribution is -2.49. The molecule has 2 heterocycles. The topological polar surface area (TPSA) is 69.7 Å². The van der Waals surface area contributed by atoms with Crippen LogP contribution >= 0.6 is 22.9 Å². The molecule has 1 aromatic heterocycles. The van der Waals surface area contributed by atoms with Crippen LogP contribution in [0.15, 0.2) is 70.9 Å². The van der Waals surface area contributed by atoms with Crippen LogP contribution in [0, 0.1) is 0 Å². The van der Waals surface area contributed by atoms with Crippen molar-refractivity contribution in [3.05, 3.63) is 81.5 Å². The van der Waals surface area contributed by atoms with Crippen LogP contribution in [-0.2, 0) is 16.4 Å². The summed E-state index contributed by atoms with van der Waals surface area (Å²) in [6.07, 6.45) is 1.01. The minimum absolute atomic E-state index is 0.0866. The maximum absolute atomic E-state index is 13.2. The van der Waals surface area contributed by atoms with Gasteiger partial charge in [-0.2, -0.15) is 0 Å². The fourth-order valence-corrected chi connectivity index (χ4v) is 5.55. The number of rotatable bonds is 7. The van der Waals surface area contributed by atoms with Gasteiger partial charge in [-0.15, -0.1) is 11.3 Å². The molecule has 168 valence electrons. The van der Waals surface area contributed by atoms with Gasteiger partial charge in [-0.1, -0.05) is 29.8 Å². The van der Waals surface area contributed by atoms with Gasteiger partial charge in [-0.25, -0.2) is 8.42 Å². The van der Waals surface area contributed by atoms with Crippen LogP contribution in [0.4, 0.5) is 5.69 Å². The molecule has 6 nitrogen and oxygen atoms in total. The first-order valence-corrected chi connectivity index (χ1v) is 13.1. The highest BCUT2D eigenvalue weighted by molar-refractivity contribution is 7.92. The quantitative estimate of drug-likeness (QED) is 0.540. The molecule has 1 N–H and O–H groups in total. The Morgan fingerprint density at radius 2 is 1.69 bits per heavy atom. The zero-order chi connectivity index (χ0) is 22.6. The molecule has 0 radical (unpaired) electrons. The van der Waals surface area contributed by atoms with Crippen molar-refractivity contribution in [2.24, 2.45) is 0 Å². The average molecular weight is 490 g/mol. The van der Waals surface area contributed by atoms with E-state index in [1.165, 1.54) is 29.1 Å². The van der Waals surface area contributed by atoms with Crippen LogP contribution in [0.25, 0.3) is 0 Å². The number of nitrogens with one attached hydrogen (secondary N) is 1. The summed E-state index contributed by atoms with van der Waals surface area (Å²) in [5.41, 5.74) is 0.615. The minimum Gasteiger partial charge on any atom is -0.336 e. The number of piperazine rings is 1. The molecule has 1 aliphatic rings. The van der Waals surface area contributed by atoms with E-state index >= 15 is 0 Å². The largest absolute Gasteiger partial charge is 0.336 e. The molecule has 3 aromatic rings. The lowest BCUT2D eigenvalue weighted by atomic mass is 10.1. The summed E-state index contributed by atoms with van der Waals surface area (Å²) in [5, 5.41) is 2.54. The number of thiophene rings is 1. The maximum Gasteiger partial charge on any atom is 0.261 e. The molecule has 2 aromatic carbocycles. The highest BCUT2D eigenvalue weighted by atomic mass is 35.5. The van der Waals surface area contributed by atoms with E-state index in [1.54, 1.807) is 40.5 Å². The van der Waals surface area contributed by atoms with Gasteiger partial charge >= 0.3 is 0 Å². The number of nitrogens with zero attached hydrogens (tertiary/aromatic N) is 2. The molecule has 32 heavy (non-hydrogen) atoms. The molecule has 0 unspecified atom stereocenters. The van der Waals surface area contributed by atoms with E-state index in [9.17, 15) is 13.2 Å². The van der Waals surface area contributed by atoms with Crippen molar-refractivity contribution in [2.45, 2.75) is 11.3 Å². The molecular weight excluding hydrogens is 466 g/mol. The molecule has 0 spiro atoms. The van der Waals surface area contributed by atoms with Gasteiger partial charge in [0.05, 0.1) is 16.1 Å². The molecule has 0 aliphatic carbocycles. The number of para-hydroxylation sites is 1. The second-order valence-electron chi connectivity index (χ2n) is 7.57. The molecule has 1 aliphatic heterocycles. The lowest BCUT2D eigenvalue weighted by molar-refractivity contribution is 0.0640. The number of benzene rings is 2. The van der Waals surface area contributed by atoms with Crippen molar-refractivity contribution in [2.75, 3.05) is 37.4 Å². The van der Waals surface area contributed by atoms with E-state index in [1.807, 2.05) is 0 Å². The van der Waals surface area contributed by atoms with Gasteiger partial charge in [-0.05, 0) is 54.3 Å². The van der Waals surface area contributed by atoms with Crippen LogP contribution in [0.1, 0.15) is 15.2 Å². The highest BCUT2D eigenvalue weighted by Crippen LogP contribution is 2.23. The summed E-state index contributed by atoms with van der Waals surface area (Å²) >= 11 is 7.63. The van der Waals surface area contributed by atoms with Crippen LogP contribution in [0.2, 0.25) is 5.02 Å². The predicted octanol–water partition coefficient (Wildman–Crippen LogP) is 4.20. The predicted molar refractivity (Wildman–Crippen MR) is 129 cm³/mol. The van der Waals surface area contributed by atoms with E-state index in [0.29, 0.717) is 23.7 Å². The van der Waals surface area contributed by atoms with E-state index in [2.05, 4.69) is 27.1 Å². The lowest BCUT2D eigenvalue weighted by Gasteiger charge is -2.35. The second-order valence-corrected chi connectivity index (χ2v) is 10.7. The summed E-state index contributed by atoms with van der Waals surface area (Å²) in [7, 11) is -3.84. The summed E-state index contributed by atoms with van der Waals surface area (Å²) in [6.45, 7) is 3.80. The van der Waals surface area contributed by atoms with Gasteiger partial charge in [0.2, 0.25) is 0 Å². The van der Waals surface area contributed by atoms with Crippen molar-refractivity contribution in [3.8, 4) is 0 Å². The highest BCUT2D eigenvalue weighted by Gasteiger charge is 2.25. The summed E-state index contributed by atoms with van der Waals surface area (Å²) in [4.78, 5) is 18.8. The second kappa shape index (κ2) is 10.0. The first-order valence-electron chi connectivity index (χ1n) is 10.3. The number of hydrogen-bond donors (Lipinski definition) is 1. The zero-order valence-electron chi connectivity index (χ0n) is 17.4. The van der Waals surface area contributed by atoms with Crippen LogP contribution in [0.5, 0.6) is 0 Å². The minimum atomic E-state index is -3.84. The number of carbonyl (C=O) groups is 1. The van der Waals surface area contributed by atoms with Crippen molar-refractivity contribution < 1.29 is 13.2 Å². The molecule has 9 heteroatoms. The van der Waals surface area contributed by atoms with Crippen molar-refractivity contribution in [1.82, 2.24) is 9.80 Å².